The molecule has 128 valence electrons. The summed E-state index contributed by atoms with van der Waals surface area (Å²) in [5.41, 5.74) is -0.751. The smallest absolute Gasteiger partial charge is 0.416 e. The quantitative estimate of drug-likeness (QED) is 0.797. The van der Waals surface area contributed by atoms with Gasteiger partial charge in [0.2, 0.25) is 0 Å². The standard InChI is InChI=1S/C17H15BrF3NO2/c1-11(24-14-7-4-6-13(18)9-14)16(23)22-10-12-5-2-3-8-15(12)17(19,20)21/h2-9,11H,10H2,1H3,(H,22,23). The molecule has 0 aliphatic heterocycles. The molecule has 1 amide bonds. The molecule has 0 fully saturated rings. The Balaban J connectivity index is 1.98. The van der Waals surface area contributed by atoms with Crippen LogP contribution in [0.4, 0.5) is 13.2 Å². The molecule has 3 nitrogen and oxygen atoms in total. The van der Waals surface area contributed by atoms with Crippen LogP contribution in [-0.4, -0.2) is 12.0 Å². The number of nitrogens with one attached hydrogen (secondary N) is 1. The molecule has 0 saturated heterocycles. The van der Waals surface area contributed by atoms with Gasteiger partial charge in [-0.2, -0.15) is 13.2 Å². The van der Waals surface area contributed by atoms with Crippen molar-refractivity contribution in [3.8, 4) is 5.75 Å². The van der Waals surface area contributed by atoms with Crippen molar-refractivity contribution in [1.82, 2.24) is 5.32 Å². The molecule has 0 radical (unpaired) electrons. The molecule has 2 aromatic rings. The Bertz CT molecular complexity index is 719. The van der Waals surface area contributed by atoms with Gasteiger partial charge in [-0.3, -0.25) is 4.79 Å². The van der Waals surface area contributed by atoms with Crippen LogP contribution in [-0.2, 0) is 17.5 Å². The third kappa shape index (κ3) is 4.99. The summed E-state index contributed by atoms with van der Waals surface area (Å²) in [4.78, 5) is 12.0. The Morgan fingerprint density at radius 1 is 1.21 bits per heavy atom. The van der Waals surface area contributed by atoms with Gasteiger partial charge in [-0.1, -0.05) is 40.2 Å². The molecule has 1 atom stereocenters. The minimum absolute atomic E-state index is 0.00741. The number of amides is 1. The number of hydrogen-bond donors (Lipinski definition) is 1. The first-order valence-electron chi connectivity index (χ1n) is 7.12. The average molecular weight is 402 g/mol. The second-order valence-electron chi connectivity index (χ2n) is 5.09. The van der Waals surface area contributed by atoms with E-state index in [1.54, 1.807) is 18.2 Å². The number of benzene rings is 2. The summed E-state index contributed by atoms with van der Waals surface area (Å²) >= 11 is 3.29. The van der Waals surface area contributed by atoms with E-state index in [0.717, 1.165) is 10.5 Å². The predicted molar refractivity (Wildman–Crippen MR) is 87.5 cm³/mol. The Hall–Kier alpha value is -2.02. The molecule has 0 spiro atoms. The fourth-order valence-electron chi connectivity index (χ4n) is 2.08. The highest BCUT2D eigenvalue weighted by Gasteiger charge is 2.32. The van der Waals surface area contributed by atoms with Crippen LogP contribution in [0.15, 0.2) is 53.0 Å². The normalized spacial score (nSPS) is 12.5. The Labute approximate surface area is 146 Å². The maximum absolute atomic E-state index is 12.9. The van der Waals surface area contributed by atoms with Crippen molar-refractivity contribution in [2.75, 3.05) is 0 Å². The molecule has 2 aromatic carbocycles. The lowest BCUT2D eigenvalue weighted by molar-refractivity contribution is -0.138. The topological polar surface area (TPSA) is 38.3 Å². The number of hydrogen-bond acceptors (Lipinski definition) is 2. The third-order valence-corrected chi connectivity index (χ3v) is 3.75. The van der Waals surface area contributed by atoms with E-state index in [0.29, 0.717) is 5.75 Å². The first-order chi connectivity index (χ1) is 11.3. The minimum Gasteiger partial charge on any atom is -0.481 e. The molecule has 0 aromatic heterocycles. The largest absolute Gasteiger partial charge is 0.481 e. The van der Waals surface area contributed by atoms with Gasteiger partial charge in [0.15, 0.2) is 6.10 Å². The summed E-state index contributed by atoms with van der Waals surface area (Å²) in [5.74, 6) is -0.00494. The maximum atomic E-state index is 12.9. The van der Waals surface area contributed by atoms with E-state index in [1.165, 1.54) is 25.1 Å². The fourth-order valence-corrected chi connectivity index (χ4v) is 2.45. The first kappa shape index (κ1) is 18.3. The molecule has 0 bridgehead atoms. The molecule has 0 aliphatic carbocycles. The van der Waals surface area contributed by atoms with Crippen molar-refractivity contribution in [3.05, 3.63) is 64.1 Å². The van der Waals surface area contributed by atoms with E-state index in [-0.39, 0.29) is 12.1 Å². The second kappa shape index (κ2) is 7.70. The summed E-state index contributed by atoms with van der Waals surface area (Å²) in [7, 11) is 0. The van der Waals surface area contributed by atoms with Crippen LogP contribution < -0.4 is 10.1 Å². The second-order valence-corrected chi connectivity index (χ2v) is 6.01. The van der Waals surface area contributed by atoms with Gasteiger partial charge in [0.25, 0.3) is 5.91 Å². The van der Waals surface area contributed by atoms with Crippen LogP contribution in [0.25, 0.3) is 0 Å². The molecule has 7 heteroatoms. The lowest BCUT2D eigenvalue weighted by atomic mass is 10.1. The Kier molecular flexibility index (Phi) is 5.88. The number of ether oxygens (including phenoxy) is 1. The zero-order valence-electron chi connectivity index (χ0n) is 12.7. The number of halogens is 4. The Morgan fingerprint density at radius 2 is 1.92 bits per heavy atom. The summed E-state index contributed by atoms with van der Waals surface area (Å²) in [6.07, 6.45) is -5.29. The lowest BCUT2D eigenvalue weighted by Crippen LogP contribution is -2.36. The van der Waals surface area contributed by atoms with Crippen LogP contribution in [0.1, 0.15) is 18.1 Å². The van der Waals surface area contributed by atoms with Crippen molar-refractivity contribution >= 4 is 21.8 Å². The van der Waals surface area contributed by atoms with Gasteiger partial charge in [-0.05, 0) is 36.8 Å². The molecule has 24 heavy (non-hydrogen) atoms. The van der Waals surface area contributed by atoms with Crippen LogP contribution in [0.5, 0.6) is 5.75 Å². The maximum Gasteiger partial charge on any atom is 0.416 e. The highest BCUT2D eigenvalue weighted by molar-refractivity contribution is 9.10. The number of carbonyl (C=O) groups is 1. The van der Waals surface area contributed by atoms with Crippen molar-refractivity contribution in [3.63, 3.8) is 0 Å². The van der Waals surface area contributed by atoms with E-state index in [1.807, 2.05) is 6.07 Å². The minimum atomic E-state index is -4.46. The van der Waals surface area contributed by atoms with E-state index >= 15 is 0 Å². The van der Waals surface area contributed by atoms with Crippen LogP contribution in [0.3, 0.4) is 0 Å². The van der Waals surface area contributed by atoms with Gasteiger partial charge >= 0.3 is 6.18 Å². The zero-order chi connectivity index (χ0) is 17.7. The molecular weight excluding hydrogens is 387 g/mol. The van der Waals surface area contributed by atoms with E-state index in [4.69, 9.17) is 4.74 Å². The van der Waals surface area contributed by atoms with E-state index in [2.05, 4.69) is 21.2 Å². The summed E-state index contributed by atoms with van der Waals surface area (Å²) in [5, 5.41) is 2.47. The zero-order valence-corrected chi connectivity index (χ0v) is 14.3. The first-order valence-corrected chi connectivity index (χ1v) is 7.91. The predicted octanol–water partition coefficient (Wildman–Crippen LogP) is 4.55. The van der Waals surface area contributed by atoms with Gasteiger partial charge in [0, 0.05) is 11.0 Å². The number of rotatable bonds is 5. The van der Waals surface area contributed by atoms with Crippen molar-refractivity contribution < 1.29 is 22.7 Å². The van der Waals surface area contributed by atoms with Crippen molar-refractivity contribution in [1.29, 1.82) is 0 Å². The highest BCUT2D eigenvalue weighted by atomic mass is 79.9. The van der Waals surface area contributed by atoms with E-state index in [9.17, 15) is 18.0 Å². The molecule has 0 aliphatic rings. The van der Waals surface area contributed by atoms with Crippen LogP contribution in [0, 0.1) is 0 Å². The van der Waals surface area contributed by atoms with Gasteiger partial charge in [0.05, 0.1) is 5.56 Å². The molecule has 0 heterocycles. The molecular formula is C17H15BrF3NO2. The summed E-state index contributed by atoms with van der Waals surface area (Å²) in [6.45, 7) is 1.31. The summed E-state index contributed by atoms with van der Waals surface area (Å²) < 4.78 is 45.0. The van der Waals surface area contributed by atoms with Crippen LogP contribution >= 0.6 is 15.9 Å². The molecule has 0 saturated carbocycles. The van der Waals surface area contributed by atoms with E-state index < -0.39 is 23.8 Å². The average Bonchev–Trinajstić information content (AvgIpc) is 2.52. The highest BCUT2D eigenvalue weighted by Crippen LogP contribution is 2.31. The monoisotopic (exact) mass is 401 g/mol. The Morgan fingerprint density at radius 3 is 2.58 bits per heavy atom. The lowest BCUT2D eigenvalue weighted by Gasteiger charge is -2.16. The van der Waals surface area contributed by atoms with Crippen molar-refractivity contribution in [2.45, 2.75) is 25.7 Å². The number of carbonyl (C=O) groups excluding carboxylic acids is 1. The van der Waals surface area contributed by atoms with Gasteiger partial charge in [-0.25, -0.2) is 0 Å². The van der Waals surface area contributed by atoms with Gasteiger partial charge < -0.3 is 10.1 Å². The van der Waals surface area contributed by atoms with Crippen LogP contribution in [0.2, 0.25) is 0 Å². The molecule has 2 rings (SSSR count). The molecule has 1 unspecified atom stereocenters. The number of alkyl halides is 3. The van der Waals surface area contributed by atoms with Gasteiger partial charge in [-0.15, -0.1) is 0 Å². The van der Waals surface area contributed by atoms with Crippen molar-refractivity contribution in [2.24, 2.45) is 0 Å². The molecule has 1 N–H and O–H groups in total. The SMILES string of the molecule is CC(Oc1cccc(Br)c1)C(=O)NCc1ccccc1C(F)(F)F. The van der Waals surface area contributed by atoms with Gasteiger partial charge in [0.1, 0.15) is 5.75 Å². The third-order valence-electron chi connectivity index (χ3n) is 3.25. The summed E-state index contributed by atoms with van der Waals surface area (Å²) in [6, 6.07) is 12.1. The fraction of sp³-hybridized carbons (Fsp3) is 0.235.